The minimum absolute atomic E-state index is 0.0203. The lowest BCUT2D eigenvalue weighted by Gasteiger charge is -2.23. The van der Waals surface area contributed by atoms with Crippen LogP contribution >= 0.6 is 11.6 Å². The normalized spacial score (nSPS) is 11.1. The minimum atomic E-state index is -0.263. The largest absolute Gasteiger partial charge is 0.340 e. The fraction of sp³-hybridized carbons (Fsp3) is 0.182. The fourth-order valence-electron chi connectivity index (χ4n) is 2.77. The van der Waals surface area contributed by atoms with Gasteiger partial charge in [-0.3, -0.25) is 4.79 Å². The molecule has 0 aliphatic rings. The molecule has 1 aromatic heterocycles. The van der Waals surface area contributed by atoms with E-state index >= 15 is 0 Å². The highest BCUT2D eigenvalue weighted by Gasteiger charge is 2.17. The molecule has 0 bridgehead atoms. The smallest absolute Gasteiger partial charge is 0.257 e. The summed E-state index contributed by atoms with van der Waals surface area (Å²) in [6.07, 6.45) is 1.62. The molecule has 1 heterocycles. The monoisotopic (exact) mass is 379 g/mol. The van der Waals surface area contributed by atoms with Crippen molar-refractivity contribution in [1.29, 1.82) is 0 Å². The van der Waals surface area contributed by atoms with Crippen LogP contribution in [-0.4, -0.2) is 10.9 Å². The SMILES string of the molecule is CC(C)(C)c1ccccc1Nc1ccc(NC(=O)c2ccccc2Cl)cn1. The third-order valence-corrected chi connectivity index (χ3v) is 4.47. The predicted octanol–water partition coefficient (Wildman–Crippen LogP) is 6.03. The Balaban J connectivity index is 1.73. The number of aromatic nitrogens is 1. The summed E-state index contributed by atoms with van der Waals surface area (Å²) in [6, 6.07) is 18.8. The van der Waals surface area contributed by atoms with Crippen molar-refractivity contribution in [2.24, 2.45) is 0 Å². The highest BCUT2D eigenvalue weighted by atomic mass is 35.5. The summed E-state index contributed by atoms with van der Waals surface area (Å²) < 4.78 is 0. The van der Waals surface area contributed by atoms with Gasteiger partial charge in [0.1, 0.15) is 5.82 Å². The van der Waals surface area contributed by atoms with E-state index in [1.807, 2.05) is 30.3 Å². The standard InChI is InChI=1S/C22H22ClN3O/c1-22(2,3)17-9-5-7-11-19(17)26-20-13-12-15(14-24-20)25-21(27)16-8-4-6-10-18(16)23/h4-14H,1-3H3,(H,24,26)(H,25,27). The number of anilines is 3. The molecular formula is C22H22ClN3O. The van der Waals surface area contributed by atoms with Crippen LogP contribution in [0.2, 0.25) is 5.02 Å². The van der Waals surface area contributed by atoms with Crippen LogP contribution in [0.1, 0.15) is 36.7 Å². The number of nitrogens with one attached hydrogen (secondary N) is 2. The maximum Gasteiger partial charge on any atom is 0.257 e. The molecule has 2 aromatic carbocycles. The van der Waals surface area contributed by atoms with E-state index in [0.29, 0.717) is 22.1 Å². The quantitative estimate of drug-likeness (QED) is 0.582. The Hall–Kier alpha value is -2.85. The molecule has 0 aliphatic heterocycles. The Morgan fingerprint density at radius 2 is 1.67 bits per heavy atom. The molecule has 1 amide bonds. The van der Waals surface area contributed by atoms with E-state index in [4.69, 9.17) is 11.6 Å². The van der Waals surface area contributed by atoms with Gasteiger partial charge < -0.3 is 10.6 Å². The van der Waals surface area contributed by atoms with Crippen LogP contribution in [0.25, 0.3) is 0 Å². The number of benzene rings is 2. The van der Waals surface area contributed by atoms with E-state index in [-0.39, 0.29) is 11.3 Å². The lowest BCUT2D eigenvalue weighted by molar-refractivity contribution is 0.102. The van der Waals surface area contributed by atoms with E-state index in [1.165, 1.54) is 5.56 Å². The Morgan fingerprint density at radius 1 is 0.963 bits per heavy atom. The average molecular weight is 380 g/mol. The number of hydrogen-bond donors (Lipinski definition) is 2. The minimum Gasteiger partial charge on any atom is -0.340 e. The number of pyridine rings is 1. The number of carbonyl (C=O) groups is 1. The van der Waals surface area contributed by atoms with Crippen molar-refractivity contribution < 1.29 is 4.79 Å². The Morgan fingerprint density at radius 3 is 2.33 bits per heavy atom. The third kappa shape index (κ3) is 4.66. The Bertz CT molecular complexity index is 946. The molecule has 5 heteroatoms. The summed E-state index contributed by atoms with van der Waals surface area (Å²) >= 11 is 6.07. The van der Waals surface area contributed by atoms with Gasteiger partial charge in [-0.05, 0) is 41.3 Å². The molecule has 0 saturated carbocycles. The molecule has 0 atom stereocenters. The van der Waals surface area contributed by atoms with Gasteiger partial charge in [0.15, 0.2) is 0 Å². The summed E-state index contributed by atoms with van der Waals surface area (Å²) in [4.78, 5) is 16.7. The number of para-hydroxylation sites is 1. The van der Waals surface area contributed by atoms with Gasteiger partial charge in [-0.1, -0.05) is 62.7 Å². The summed E-state index contributed by atoms with van der Waals surface area (Å²) in [5.74, 6) is 0.448. The third-order valence-electron chi connectivity index (χ3n) is 4.14. The summed E-state index contributed by atoms with van der Waals surface area (Å²) in [5, 5.41) is 6.58. The van der Waals surface area contributed by atoms with Crippen LogP contribution in [0.5, 0.6) is 0 Å². The van der Waals surface area contributed by atoms with Crippen LogP contribution < -0.4 is 10.6 Å². The molecule has 3 aromatic rings. The molecule has 0 unspecified atom stereocenters. The highest BCUT2D eigenvalue weighted by molar-refractivity contribution is 6.34. The number of hydrogen-bond acceptors (Lipinski definition) is 3. The second-order valence-electron chi connectivity index (χ2n) is 7.29. The van der Waals surface area contributed by atoms with E-state index < -0.39 is 0 Å². The van der Waals surface area contributed by atoms with Crippen LogP contribution in [0, 0.1) is 0 Å². The average Bonchev–Trinajstić information content (AvgIpc) is 2.63. The van der Waals surface area contributed by atoms with Crippen LogP contribution in [0.3, 0.4) is 0 Å². The van der Waals surface area contributed by atoms with Crippen LogP contribution in [-0.2, 0) is 5.41 Å². The van der Waals surface area contributed by atoms with Gasteiger partial charge in [0.25, 0.3) is 5.91 Å². The molecule has 3 rings (SSSR count). The lowest BCUT2D eigenvalue weighted by atomic mass is 9.86. The van der Waals surface area contributed by atoms with Gasteiger partial charge in [-0.25, -0.2) is 4.98 Å². The Labute approximate surface area is 164 Å². The second-order valence-corrected chi connectivity index (χ2v) is 7.69. The molecule has 2 N–H and O–H groups in total. The molecule has 0 fully saturated rings. The van der Waals surface area contributed by atoms with E-state index in [9.17, 15) is 4.79 Å². The van der Waals surface area contributed by atoms with Gasteiger partial charge in [-0.15, -0.1) is 0 Å². The number of amides is 1. The Kier molecular flexibility index (Phi) is 5.47. The molecule has 4 nitrogen and oxygen atoms in total. The van der Waals surface area contributed by atoms with Gasteiger partial charge in [-0.2, -0.15) is 0 Å². The molecule has 27 heavy (non-hydrogen) atoms. The zero-order chi connectivity index (χ0) is 19.4. The summed E-state index contributed by atoms with van der Waals surface area (Å²) in [7, 11) is 0. The van der Waals surface area contributed by atoms with E-state index in [2.05, 4.69) is 42.5 Å². The maximum atomic E-state index is 12.3. The van der Waals surface area contributed by atoms with Gasteiger partial charge >= 0.3 is 0 Å². The van der Waals surface area contributed by atoms with Crippen molar-refractivity contribution in [2.45, 2.75) is 26.2 Å². The van der Waals surface area contributed by atoms with Gasteiger partial charge in [0.05, 0.1) is 22.5 Å². The van der Waals surface area contributed by atoms with Crippen molar-refractivity contribution in [3.8, 4) is 0 Å². The molecule has 0 aliphatic carbocycles. The van der Waals surface area contributed by atoms with Crippen LogP contribution in [0.15, 0.2) is 66.9 Å². The highest BCUT2D eigenvalue weighted by Crippen LogP contribution is 2.31. The first-order valence-corrected chi connectivity index (χ1v) is 9.11. The van der Waals surface area contributed by atoms with Crippen molar-refractivity contribution in [1.82, 2.24) is 4.98 Å². The lowest BCUT2D eigenvalue weighted by Crippen LogP contribution is -2.14. The number of halogens is 1. The summed E-state index contributed by atoms with van der Waals surface area (Å²) in [5.41, 5.74) is 3.29. The fourth-order valence-corrected chi connectivity index (χ4v) is 2.99. The van der Waals surface area contributed by atoms with Gasteiger partial charge in [0.2, 0.25) is 0 Å². The predicted molar refractivity (Wildman–Crippen MR) is 112 cm³/mol. The molecule has 138 valence electrons. The molecule has 0 radical (unpaired) electrons. The second kappa shape index (κ2) is 7.80. The first kappa shape index (κ1) is 18.9. The van der Waals surface area contributed by atoms with Crippen molar-refractivity contribution >= 4 is 34.7 Å². The number of nitrogens with zero attached hydrogens (tertiary/aromatic N) is 1. The van der Waals surface area contributed by atoms with E-state index in [0.717, 1.165) is 5.69 Å². The number of rotatable bonds is 4. The molecule has 0 spiro atoms. The topological polar surface area (TPSA) is 54.0 Å². The van der Waals surface area contributed by atoms with Gasteiger partial charge in [0, 0.05) is 5.69 Å². The van der Waals surface area contributed by atoms with Crippen molar-refractivity contribution in [2.75, 3.05) is 10.6 Å². The maximum absolute atomic E-state index is 12.3. The number of carbonyl (C=O) groups excluding carboxylic acids is 1. The van der Waals surface area contributed by atoms with Crippen molar-refractivity contribution in [3.05, 3.63) is 83.0 Å². The van der Waals surface area contributed by atoms with E-state index in [1.54, 1.807) is 30.5 Å². The first-order valence-electron chi connectivity index (χ1n) is 8.73. The summed E-state index contributed by atoms with van der Waals surface area (Å²) in [6.45, 7) is 6.52. The zero-order valence-corrected chi connectivity index (χ0v) is 16.3. The molecule has 0 saturated heterocycles. The van der Waals surface area contributed by atoms with Crippen molar-refractivity contribution in [3.63, 3.8) is 0 Å². The molecular weight excluding hydrogens is 358 g/mol. The first-order chi connectivity index (χ1) is 12.8. The zero-order valence-electron chi connectivity index (χ0n) is 15.6. The van der Waals surface area contributed by atoms with Crippen LogP contribution in [0.4, 0.5) is 17.2 Å².